The van der Waals surface area contributed by atoms with Crippen LogP contribution in [-0.2, 0) is 20.8 Å². The molecule has 1 amide bonds. The Morgan fingerprint density at radius 3 is 2.18 bits per heavy atom. The van der Waals surface area contributed by atoms with Crippen molar-refractivity contribution in [1.29, 1.82) is 0 Å². The molecule has 1 aliphatic heterocycles. The summed E-state index contributed by atoms with van der Waals surface area (Å²) in [6.07, 6.45) is -0.907. The van der Waals surface area contributed by atoms with Crippen molar-refractivity contribution in [3.63, 3.8) is 0 Å². The lowest BCUT2D eigenvalue weighted by Crippen LogP contribution is -2.51. The lowest BCUT2D eigenvalue weighted by molar-refractivity contribution is -0.171. The number of methoxy groups -OCH3 is 2. The lowest BCUT2D eigenvalue weighted by Gasteiger charge is -2.35. The molecule has 0 radical (unpaired) electrons. The number of hydrogen-bond donors (Lipinski definition) is 0. The Bertz CT molecular complexity index is 495. The van der Waals surface area contributed by atoms with Crippen LogP contribution in [0.25, 0.3) is 0 Å². The van der Waals surface area contributed by atoms with E-state index < -0.39 is 17.9 Å². The third-order valence-corrected chi connectivity index (χ3v) is 3.76. The molecular weight excluding hydrogens is 294 g/mol. The van der Waals surface area contributed by atoms with Crippen LogP contribution in [0.3, 0.4) is 0 Å². The Labute approximate surface area is 128 Å². The van der Waals surface area contributed by atoms with Crippen LogP contribution in [0, 0.1) is 11.6 Å². The molecule has 2 rings (SSSR count). The Hall–Kier alpha value is -1.57. The van der Waals surface area contributed by atoms with Crippen molar-refractivity contribution in [2.75, 3.05) is 40.4 Å². The van der Waals surface area contributed by atoms with E-state index in [-0.39, 0.29) is 18.0 Å². The molecule has 1 heterocycles. The van der Waals surface area contributed by atoms with E-state index in [1.807, 2.05) is 4.90 Å². The highest BCUT2D eigenvalue weighted by molar-refractivity contribution is 5.79. The summed E-state index contributed by atoms with van der Waals surface area (Å²) in [5, 5.41) is 0. The molecule has 0 aromatic heterocycles. The first-order valence-electron chi connectivity index (χ1n) is 7.06. The number of hydrogen-bond acceptors (Lipinski definition) is 4. The molecule has 122 valence electrons. The van der Waals surface area contributed by atoms with Crippen LogP contribution in [-0.4, -0.2) is 62.4 Å². The van der Waals surface area contributed by atoms with Crippen LogP contribution >= 0.6 is 0 Å². The molecule has 0 atom stereocenters. The molecule has 0 saturated carbocycles. The van der Waals surface area contributed by atoms with Crippen molar-refractivity contribution in [3.8, 4) is 0 Å². The van der Waals surface area contributed by atoms with Gasteiger partial charge in [0.1, 0.15) is 11.6 Å². The van der Waals surface area contributed by atoms with Gasteiger partial charge in [0, 0.05) is 52.5 Å². The highest BCUT2D eigenvalue weighted by Crippen LogP contribution is 2.16. The molecule has 5 nitrogen and oxygen atoms in total. The van der Waals surface area contributed by atoms with Gasteiger partial charge < -0.3 is 14.4 Å². The normalized spacial score (nSPS) is 16.3. The zero-order valence-electron chi connectivity index (χ0n) is 12.7. The number of benzene rings is 1. The molecule has 0 spiro atoms. The van der Waals surface area contributed by atoms with Crippen LogP contribution in [0.5, 0.6) is 0 Å². The van der Waals surface area contributed by atoms with E-state index in [9.17, 15) is 13.6 Å². The Morgan fingerprint density at radius 2 is 1.68 bits per heavy atom. The lowest BCUT2D eigenvalue weighted by atomic mass is 10.1. The maximum absolute atomic E-state index is 13.6. The maximum Gasteiger partial charge on any atom is 0.279 e. The summed E-state index contributed by atoms with van der Waals surface area (Å²) < 4.78 is 37.2. The van der Waals surface area contributed by atoms with Crippen molar-refractivity contribution in [2.45, 2.75) is 12.8 Å². The van der Waals surface area contributed by atoms with Gasteiger partial charge in [-0.3, -0.25) is 9.69 Å². The SMILES string of the molecule is COC(OC)C(=O)N1CCN(Cc2c(F)cccc2F)CC1. The molecule has 1 saturated heterocycles. The molecule has 0 aliphatic carbocycles. The molecule has 0 unspecified atom stereocenters. The van der Waals surface area contributed by atoms with E-state index in [1.54, 1.807) is 4.90 Å². The van der Waals surface area contributed by atoms with E-state index in [2.05, 4.69) is 0 Å². The number of amides is 1. The number of nitrogens with zero attached hydrogens (tertiary/aromatic N) is 2. The summed E-state index contributed by atoms with van der Waals surface area (Å²) in [5.41, 5.74) is 0.0638. The standard InChI is InChI=1S/C15H20F2N2O3/c1-21-15(22-2)14(20)19-8-6-18(7-9-19)10-11-12(16)4-3-5-13(11)17/h3-5,15H,6-10H2,1-2H3. The number of carbonyl (C=O) groups is 1. The highest BCUT2D eigenvalue weighted by atomic mass is 19.1. The van der Waals surface area contributed by atoms with Gasteiger partial charge in [0.25, 0.3) is 5.91 Å². The van der Waals surface area contributed by atoms with Crippen molar-refractivity contribution < 1.29 is 23.0 Å². The number of piperazine rings is 1. The average Bonchev–Trinajstić information content (AvgIpc) is 2.53. The zero-order valence-corrected chi connectivity index (χ0v) is 12.7. The van der Waals surface area contributed by atoms with Gasteiger partial charge in [-0.05, 0) is 12.1 Å². The fraction of sp³-hybridized carbons (Fsp3) is 0.533. The number of carbonyl (C=O) groups excluding carboxylic acids is 1. The zero-order chi connectivity index (χ0) is 16.1. The van der Waals surface area contributed by atoms with E-state index in [1.165, 1.54) is 32.4 Å². The molecule has 1 aromatic carbocycles. The molecule has 1 aromatic rings. The second kappa shape index (κ2) is 7.62. The number of rotatable bonds is 5. The van der Waals surface area contributed by atoms with Crippen LogP contribution < -0.4 is 0 Å². The smallest absolute Gasteiger partial charge is 0.279 e. The highest BCUT2D eigenvalue weighted by Gasteiger charge is 2.27. The fourth-order valence-corrected chi connectivity index (χ4v) is 2.48. The van der Waals surface area contributed by atoms with Gasteiger partial charge in [0.15, 0.2) is 0 Å². The monoisotopic (exact) mass is 314 g/mol. The van der Waals surface area contributed by atoms with Gasteiger partial charge >= 0.3 is 0 Å². The Balaban J connectivity index is 1.91. The molecule has 1 fully saturated rings. The summed E-state index contributed by atoms with van der Waals surface area (Å²) in [6.45, 7) is 2.22. The van der Waals surface area contributed by atoms with E-state index in [0.29, 0.717) is 26.2 Å². The van der Waals surface area contributed by atoms with Crippen molar-refractivity contribution in [2.24, 2.45) is 0 Å². The van der Waals surface area contributed by atoms with E-state index >= 15 is 0 Å². The Kier molecular flexibility index (Phi) is 5.82. The molecule has 1 aliphatic rings. The van der Waals surface area contributed by atoms with Gasteiger partial charge in [-0.2, -0.15) is 0 Å². The van der Waals surface area contributed by atoms with Gasteiger partial charge in [-0.15, -0.1) is 0 Å². The average molecular weight is 314 g/mol. The number of halogens is 2. The maximum atomic E-state index is 13.6. The molecule has 0 bridgehead atoms. The molecule has 22 heavy (non-hydrogen) atoms. The summed E-state index contributed by atoms with van der Waals surface area (Å²) in [4.78, 5) is 15.6. The van der Waals surface area contributed by atoms with Crippen LogP contribution in [0.4, 0.5) is 8.78 Å². The van der Waals surface area contributed by atoms with Gasteiger partial charge in [-0.1, -0.05) is 6.07 Å². The predicted molar refractivity (Wildman–Crippen MR) is 76.0 cm³/mol. The third kappa shape index (κ3) is 3.79. The fourth-order valence-electron chi connectivity index (χ4n) is 2.48. The molecular formula is C15H20F2N2O3. The number of ether oxygens (including phenoxy) is 2. The second-order valence-electron chi connectivity index (χ2n) is 5.10. The first-order chi connectivity index (χ1) is 10.6. The minimum absolute atomic E-state index is 0.0638. The first-order valence-corrected chi connectivity index (χ1v) is 7.06. The van der Waals surface area contributed by atoms with Crippen molar-refractivity contribution >= 4 is 5.91 Å². The van der Waals surface area contributed by atoms with E-state index in [4.69, 9.17) is 9.47 Å². The largest absolute Gasteiger partial charge is 0.348 e. The third-order valence-electron chi connectivity index (χ3n) is 3.76. The minimum atomic E-state index is -0.907. The first kappa shape index (κ1) is 16.8. The second-order valence-corrected chi connectivity index (χ2v) is 5.10. The molecule has 0 N–H and O–H groups in total. The molecule has 7 heteroatoms. The summed E-state index contributed by atoms with van der Waals surface area (Å²) in [7, 11) is 2.81. The van der Waals surface area contributed by atoms with Crippen LogP contribution in [0.15, 0.2) is 18.2 Å². The minimum Gasteiger partial charge on any atom is -0.348 e. The predicted octanol–water partition coefficient (Wildman–Crippen LogP) is 1.23. The van der Waals surface area contributed by atoms with Crippen molar-refractivity contribution in [1.82, 2.24) is 9.80 Å². The van der Waals surface area contributed by atoms with E-state index in [0.717, 1.165) is 0 Å². The van der Waals surface area contributed by atoms with Gasteiger partial charge in [-0.25, -0.2) is 8.78 Å². The summed E-state index contributed by atoms with van der Waals surface area (Å²) in [5.74, 6) is -1.32. The summed E-state index contributed by atoms with van der Waals surface area (Å²) >= 11 is 0. The van der Waals surface area contributed by atoms with Gasteiger partial charge in [0.2, 0.25) is 6.29 Å². The Morgan fingerprint density at radius 1 is 1.14 bits per heavy atom. The van der Waals surface area contributed by atoms with Crippen molar-refractivity contribution in [3.05, 3.63) is 35.4 Å². The topological polar surface area (TPSA) is 42.0 Å². The van der Waals surface area contributed by atoms with Crippen LogP contribution in [0.1, 0.15) is 5.56 Å². The van der Waals surface area contributed by atoms with Gasteiger partial charge in [0.05, 0.1) is 0 Å². The quantitative estimate of drug-likeness (QED) is 0.767. The summed E-state index contributed by atoms with van der Waals surface area (Å²) in [6, 6.07) is 3.85. The van der Waals surface area contributed by atoms with Crippen LogP contribution in [0.2, 0.25) is 0 Å².